The van der Waals surface area contributed by atoms with E-state index in [0.717, 1.165) is 5.69 Å². The van der Waals surface area contributed by atoms with Gasteiger partial charge in [0.05, 0.1) is 5.92 Å². The van der Waals surface area contributed by atoms with Crippen molar-refractivity contribution in [2.45, 2.75) is 71.9 Å². The van der Waals surface area contributed by atoms with Crippen molar-refractivity contribution < 1.29 is 29.4 Å². The molecule has 6 N–H and O–H groups in total. The molecule has 3 atom stereocenters. The van der Waals surface area contributed by atoms with Gasteiger partial charge in [0.1, 0.15) is 12.1 Å². The number of carbonyl (C=O) groups excluding carboxylic acids is 2. The molecule has 13 heteroatoms. The summed E-state index contributed by atoms with van der Waals surface area (Å²) in [4.78, 5) is 53.1. The van der Waals surface area contributed by atoms with E-state index in [9.17, 15) is 29.4 Å². The van der Waals surface area contributed by atoms with E-state index in [1.54, 1.807) is 30.5 Å². The molecule has 12 nitrogen and oxygen atoms in total. The minimum Gasteiger partial charge on any atom is -0.480 e. The minimum absolute atomic E-state index is 0.0590. The van der Waals surface area contributed by atoms with Crippen LogP contribution in [0.4, 0.5) is 11.4 Å². The van der Waals surface area contributed by atoms with Gasteiger partial charge in [-0.3, -0.25) is 9.59 Å². The van der Waals surface area contributed by atoms with Gasteiger partial charge in [-0.2, -0.15) is 17.0 Å². The van der Waals surface area contributed by atoms with Crippen molar-refractivity contribution >= 4 is 52.8 Å². The third-order valence-corrected chi connectivity index (χ3v) is 7.67. The molecule has 2 rings (SSSR count). The third-order valence-electron chi connectivity index (χ3n) is 6.57. The third kappa shape index (κ3) is 14.0. The zero-order chi connectivity index (χ0) is 34.3. The van der Waals surface area contributed by atoms with E-state index in [1.165, 1.54) is 11.8 Å². The number of amides is 2. The SMILES string of the molecule is CC(C)CC(C(=O)NC(CCSCC(NC(=O)CC(C)(C)C)C(=O)O)C(=O)O)c1ccc(NC(=NC#N)Nc2ccccc2)cc1. The fourth-order valence-corrected chi connectivity index (χ4v) is 5.46. The number of nitrogens with one attached hydrogen (secondary N) is 4. The maximum absolute atomic E-state index is 13.4. The van der Waals surface area contributed by atoms with Gasteiger partial charge in [-0.05, 0) is 59.8 Å². The second-order valence-corrected chi connectivity index (χ2v) is 13.6. The lowest BCUT2D eigenvalue weighted by atomic mass is 9.89. The van der Waals surface area contributed by atoms with E-state index >= 15 is 0 Å². The minimum atomic E-state index is -1.19. The van der Waals surface area contributed by atoms with Crippen LogP contribution in [-0.4, -0.2) is 63.5 Å². The highest BCUT2D eigenvalue weighted by Crippen LogP contribution is 2.26. The molecule has 0 aromatic heterocycles. The molecule has 2 aromatic carbocycles. The molecule has 0 spiro atoms. The highest BCUT2D eigenvalue weighted by atomic mass is 32.2. The van der Waals surface area contributed by atoms with Gasteiger partial charge in [0.25, 0.3) is 0 Å². The number of guanidine groups is 1. The fraction of sp³-hybridized carbons (Fsp3) is 0.455. The van der Waals surface area contributed by atoms with Crippen molar-refractivity contribution in [2.24, 2.45) is 16.3 Å². The van der Waals surface area contributed by atoms with Crippen LogP contribution < -0.4 is 21.3 Å². The van der Waals surface area contributed by atoms with Crippen LogP contribution in [0.2, 0.25) is 0 Å². The average molecular weight is 653 g/mol. The van der Waals surface area contributed by atoms with Crippen LogP contribution in [0.25, 0.3) is 0 Å². The smallest absolute Gasteiger partial charge is 0.327 e. The Kier molecular flexibility index (Phi) is 15.1. The topological polar surface area (TPSA) is 193 Å². The Morgan fingerprint density at radius 3 is 2.00 bits per heavy atom. The number of hydrogen-bond donors (Lipinski definition) is 6. The molecule has 2 aromatic rings. The lowest BCUT2D eigenvalue weighted by Gasteiger charge is -2.23. The molecule has 0 aliphatic carbocycles. The fourth-order valence-electron chi connectivity index (χ4n) is 4.43. The van der Waals surface area contributed by atoms with Gasteiger partial charge in [-0.25, -0.2) is 9.59 Å². The van der Waals surface area contributed by atoms with Crippen LogP contribution in [0.3, 0.4) is 0 Å². The highest BCUT2D eigenvalue weighted by Gasteiger charge is 2.28. The van der Waals surface area contributed by atoms with Gasteiger partial charge in [-0.1, -0.05) is 65.0 Å². The van der Waals surface area contributed by atoms with Gasteiger partial charge < -0.3 is 31.5 Å². The van der Waals surface area contributed by atoms with E-state index in [-0.39, 0.29) is 47.5 Å². The number of nitriles is 1. The summed E-state index contributed by atoms with van der Waals surface area (Å²) < 4.78 is 0. The van der Waals surface area contributed by atoms with E-state index in [2.05, 4.69) is 26.3 Å². The van der Waals surface area contributed by atoms with Gasteiger partial charge in [0, 0.05) is 23.5 Å². The molecule has 2 amide bonds. The molecule has 0 radical (unpaired) electrons. The number of para-hydroxylation sites is 1. The predicted molar refractivity (Wildman–Crippen MR) is 181 cm³/mol. The zero-order valence-electron chi connectivity index (χ0n) is 26.9. The first-order chi connectivity index (χ1) is 21.7. The molecule has 0 heterocycles. The van der Waals surface area contributed by atoms with E-state index in [0.29, 0.717) is 17.7 Å². The number of anilines is 2. The number of carbonyl (C=O) groups is 4. The molecular formula is C33H44N6O6S. The Morgan fingerprint density at radius 1 is 0.891 bits per heavy atom. The van der Waals surface area contributed by atoms with Crippen LogP contribution in [0.5, 0.6) is 0 Å². The van der Waals surface area contributed by atoms with Crippen LogP contribution in [-0.2, 0) is 19.2 Å². The lowest BCUT2D eigenvalue weighted by Crippen LogP contribution is -2.44. The second kappa shape index (κ2) is 18.4. The normalized spacial score (nSPS) is 13.5. The molecule has 46 heavy (non-hydrogen) atoms. The Hall–Kier alpha value is -4.57. The van der Waals surface area contributed by atoms with Crippen molar-refractivity contribution in [2.75, 3.05) is 22.1 Å². The molecule has 3 unspecified atom stereocenters. The molecular weight excluding hydrogens is 608 g/mol. The van der Waals surface area contributed by atoms with Crippen LogP contribution >= 0.6 is 11.8 Å². The summed E-state index contributed by atoms with van der Waals surface area (Å²) in [6, 6.07) is 14.0. The first-order valence-corrected chi connectivity index (χ1v) is 16.1. The Bertz CT molecular complexity index is 1390. The molecule has 248 valence electrons. The number of carboxylic acids is 2. The number of aliphatic imine (C=N–C) groups is 1. The summed E-state index contributed by atoms with van der Waals surface area (Å²) in [5.41, 5.74) is 1.76. The predicted octanol–water partition coefficient (Wildman–Crippen LogP) is 4.88. The van der Waals surface area contributed by atoms with E-state index < -0.39 is 35.8 Å². The largest absolute Gasteiger partial charge is 0.480 e. The van der Waals surface area contributed by atoms with Crippen molar-refractivity contribution in [1.29, 1.82) is 5.26 Å². The number of carboxylic acid groups (broad SMARTS) is 2. The van der Waals surface area contributed by atoms with Crippen molar-refractivity contribution in [3.05, 3.63) is 60.2 Å². The van der Waals surface area contributed by atoms with Gasteiger partial charge in [-0.15, -0.1) is 4.99 Å². The number of rotatable bonds is 16. The average Bonchev–Trinajstić information content (AvgIpc) is 2.96. The summed E-state index contributed by atoms with van der Waals surface area (Å²) in [6.07, 6.45) is 2.48. The van der Waals surface area contributed by atoms with Gasteiger partial charge in [0.2, 0.25) is 24.0 Å². The van der Waals surface area contributed by atoms with Gasteiger partial charge >= 0.3 is 11.9 Å². The number of aliphatic carboxylic acids is 2. The molecule has 0 aliphatic rings. The number of thioether (sulfide) groups is 1. The summed E-state index contributed by atoms with van der Waals surface area (Å²) in [5.74, 6) is -3.10. The summed E-state index contributed by atoms with van der Waals surface area (Å²) in [7, 11) is 0. The maximum atomic E-state index is 13.4. The van der Waals surface area contributed by atoms with E-state index in [1.807, 2.05) is 65.0 Å². The molecule has 0 bridgehead atoms. The second-order valence-electron chi connectivity index (χ2n) is 12.4. The molecule has 0 aliphatic heterocycles. The van der Waals surface area contributed by atoms with Crippen molar-refractivity contribution in [3.8, 4) is 6.19 Å². The van der Waals surface area contributed by atoms with Gasteiger partial charge in [0.15, 0.2) is 0 Å². The van der Waals surface area contributed by atoms with Crippen molar-refractivity contribution in [3.63, 3.8) is 0 Å². The van der Waals surface area contributed by atoms with Crippen molar-refractivity contribution in [1.82, 2.24) is 10.6 Å². The highest BCUT2D eigenvalue weighted by molar-refractivity contribution is 7.99. The Balaban J connectivity index is 2.04. The van der Waals surface area contributed by atoms with Crippen LogP contribution in [0, 0.1) is 22.8 Å². The zero-order valence-corrected chi connectivity index (χ0v) is 27.7. The standard InChI is InChI=1S/C33H44N6O6S/c1-21(2)17-25(22-11-13-24(14-12-22)37-32(35-20-34)36-23-9-7-6-8-10-23)29(41)39-26(30(42)43)15-16-46-19-27(31(44)45)38-28(40)18-33(3,4)5/h6-14,21,25-27H,15-19H2,1-5H3,(H,38,40)(H,39,41)(H,42,43)(H,44,45)(H2,35,36,37). The monoisotopic (exact) mass is 652 g/mol. The lowest BCUT2D eigenvalue weighted by molar-refractivity contribution is -0.142. The summed E-state index contributed by atoms with van der Waals surface area (Å²) >= 11 is 1.20. The number of hydrogen-bond acceptors (Lipinski definition) is 7. The van der Waals surface area contributed by atoms with E-state index in [4.69, 9.17) is 5.26 Å². The summed E-state index contributed by atoms with van der Waals surface area (Å²) in [5, 5.41) is 39.7. The number of benzene rings is 2. The Morgan fingerprint density at radius 2 is 1.48 bits per heavy atom. The molecule has 0 saturated heterocycles. The summed E-state index contributed by atoms with van der Waals surface area (Å²) in [6.45, 7) is 9.58. The first kappa shape index (κ1) is 37.6. The molecule has 0 fully saturated rings. The molecule has 0 saturated carbocycles. The van der Waals surface area contributed by atoms with Crippen LogP contribution in [0.1, 0.15) is 65.4 Å². The quantitative estimate of drug-likeness (QED) is 0.0630. The van der Waals surface area contributed by atoms with Crippen LogP contribution in [0.15, 0.2) is 59.6 Å². The first-order valence-electron chi connectivity index (χ1n) is 15.0. The Labute approximate surface area is 274 Å². The maximum Gasteiger partial charge on any atom is 0.327 e. The number of nitrogens with zero attached hydrogens (tertiary/aromatic N) is 2.